The first kappa shape index (κ1) is 20.9. The number of amides is 1. The third kappa shape index (κ3) is 3.74. The van der Waals surface area contributed by atoms with Gasteiger partial charge in [0, 0.05) is 49.6 Å². The zero-order chi connectivity index (χ0) is 22.2. The molecule has 0 saturated heterocycles. The Morgan fingerprint density at radius 2 is 1.97 bits per heavy atom. The number of nitrogens with one attached hydrogen (secondary N) is 2. The van der Waals surface area contributed by atoms with Crippen LogP contribution in [0, 0.1) is 5.82 Å². The Morgan fingerprint density at radius 1 is 1.23 bits per heavy atom. The van der Waals surface area contributed by atoms with Crippen molar-refractivity contribution in [2.24, 2.45) is 0 Å². The summed E-state index contributed by atoms with van der Waals surface area (Å²) in [5.41, 5.74) is 2.91. The SMILES string of the molecule is COc1cc(Nc2c(-c3ccncc3)cn3c2C(=O)NC[C@H]3C(C)(C)OC)ccc1F. The fourth-order valence-electron chi connectivity index (χ4n) is 3.85. The number of pyridine rings is 1. The lowest BCUT2D eigenvalue weighted by Gasteiger charge is -2.37. The second kappa shape index (κ2) is 8.03. The van der Waals surface area contributed by atoms with Crippen molar-refractivity contribution < 1.29 is 18.7 Å². The maximum absolute atomic E-state index is 13.9. The van der Waals surface area contributed by atoms with Gasteiger partial charge in [-0.3, -0.25) is 9.78 Å². The van der Waals surface area contributed by atoms with Crippen molar-refractivity contribution in [3.8, 4) is 16.9 Å². The topological polar surface area (TPSA) is 77.4 Å². The van der Waals surface area contributed by atoms with Gasteiger partial charge in [-0.25, -0.2) is 4.39 Å². The fourth-order valence-corrected chi connectivity index (χ4v) is 3.85. The van der Waals surface area contributed by atoms with E-state index in [1.54, 1.807) is 31.6 Å². The van der Waals surface area contributed by atoms with E-state index < -0.39 is 11.4 Å². The van der Waals surface area contributed by atoms with Crippen LogP contribution in [-0.4, -0.2) is 41.8 Å². The van der Waals surface area contributed by atoms with Crippen molar-refractivity contribution >= 4 is 17.3 Å². The van der Waals surface area contributed by atoms with Crippen molar-refractivity contribution in [1.82, 2.24) is 14.9 Å². The van der Waals surface area contributed by atoms with Crippen LogP contribution in [0.3, 0.4) is 0 Å². The van der Waals surface area contributed by atoms with Crippen molar-refractivity contribution in [1.29, 1.82) is 0 Å². The third-order valence-corrected chi connectivity index (χ3v) is 5.78. The molecular formula is C23H25FN4O3. The number of carbonyl (C=O) groups excluding carboxylic acids is 1. The molecule has 7 nitrogen and oxygen atoms in total. The van der Waals surface area contributed by atoms with Crippen molar-refractivity contribution in [3.05, 3.63) is 60.4 Å². The summed E-state index contributed by atoms with van der Waals surface area (Å²) in [6.07, 6.45) is 5.36. The van der Waals surface area contributed by atoms with Gasteiger partial charge in [0.1, 0.15) is 5.69 Å². The maximum atomic E-state index is 13.9. The lowest BCUT2D eigenvalue weighted by molar-refractivity contribution is -0.0243. The highest BCUT2D eigenvalue weighted by Gasteiger charge is 2.39. The second-order valence-electron chi connectivity index (χ2n) is 7.92. The number of aromatic nitrogens is 2. The number of methoxy groups -OCH3 is 2. The van der Waals surface area contributed by atoms with Gasteiger partial charge in [-0.05, 0) is 43.7 Å². The van der Waals surface area contributed by atoms with Gasteiger partial charge in [-0.15, -0.1) is 0 Å². The van der Waals surface area contributed by atoms with Gasteiger partial charge in [-0.1, -0.05) is 0 Å². The summed E-state index contributed by atoms with van der Waals surface area (Å²) < 4.78 is 26.7. The Hall–Kier alpha value is -3.39. The Kier molecular flexibility index (Phi) is 5.41. The molecule has 1 aliphatic heterocycles. The van der Waals surface area contributed by atoms with Crippen molar-refractivity contribution in [2.75, 3.05) is 26.1 Å². The van der Waals surface area contributed by atoms with E-state index in [0.29, 0.717) is 23.6 Å². The van der Waals surface area contributed by atoms with E-state index in [0.717, 1.165) is 11.1 Å². The summed E-state index contributed by atoms with van der Waals surface area (Å²) in [7, 11) is 3.07. The van der Waals surface area contributed by atoms with Gasteiger partial charge in [0.2, 0.25) is 0 Å². The molecule has 2 N–H and O–H groups in total. The molecule has 0 saturated carbocycles. The molecule has 0 aliphatic carbocycles. The molecular weight excluding hydrogens is 399 g/mol. The predicted octanol–water partition coefficient (Wildman–Crippen LogP) is 4.15. The summed E-state index contributed by atoms with van der Waals surface area (Å²) in [4.78, 5) is 17.1. The number of hydrogen-bond donors (Lipinski definition) is 2. The molecule has 1 aliphatic rings. The minimum absolute atomic E-state index is 0.117. The quantitative estimate of drug-likeness (QED) is 0.622. The van der Waals surface area contributed by atoms with Crippen molar-refractivity contribution in [3.63, 3.8) is 0 Å². The molecule has 3 aromatic rings. The van der Waals surface area contributed by atoms with E-state index in [1.165, 1.54) is 13.2 Å². The number of halogens is 1. The van der Waals surface area contributed by atoms with Crippen LogP contribution < -0.4 is 15.4 Å². The van der Waals surface area contributed by atoms with E-state index in [1.807, 2.05) is 36.7 Å². The Labute approximate surface area is 180 Å². The van der Waals surface area contributed by atoms with E-state index >= 15 is 0 Å². The molecule has 0 spiro atoms. The normalized spacial score (nSPS) is 15.9. The lowest BCUT2D eigenvalue weighted by Crippen LogP contribution is -2.48. The van der Waals surface area contributed by atoms with Gasteiger partial charge in [0.25, 0.3) is 5.91 Å². The van der Waals surface area contributed by atoms with Crippen LogP contribution >= 0.6 is 0 Å². The lowest BCUT2D eigenvalue weighted by atomic mass is 9.96. The van der Waals surface area contributed by atoms with E-state index in [4.69, 9.17) is 9.47 Å². The second-order valence-corrected chi connectivity index (χ2v) is 7.92. The number of fused-ring (bicyclic) bond motifs is 1. The van der Waals surface area contributed by atoms with Crippen LogP contribution in [0.5, 0.6) is 5.75 Å². The summed E-state index contributed by atoms with van der Waals surface area (Å²) in [6.45, 7) is 4.42. The predicted molar refractivity (Wildman–Crippen MR) is 116 cm³/mol. The van der Waals surface area contributed by atoms with Gasteiger partial charge in [0.05, 0.1) is 24.4 Å². The maximum Gasteiger partial charge on any atom is 0.270 e. The molecule has 162 valence electrons. The molecule has 0 bridgehead atoms. The Morgan fingerprint density at radius 3 is 2.65 bits per heavy atom. The minimum atomic E-state index is -0.520. The van der Waals surface area contributed by atoms with Crippen LogP contribution in [0.2, 0.25) is 0 Å². The largest absolute Gasteiger partial charge is 0.494 e. The highest BCUT2D eigenvalue weighted by molar-refractivity contribution is 6.04. The summed E-state index contributed by atoms with van der Waals surface area (Å²) in [6, 6.07) is 8.14. The smallest absolute Gasteiger partial charge is 0.270 e. The number of hydrogen-bond acceptors (Lipinski definition) is 5. The molecule has 0 radical (unpaired) electrons. The van der Waals surface area contributed by atoms with Crippen LogP contribution in [0.15, 0.2) is 48.9 Å². The zero-order valence-electron chi connectivity index (χ0n) is 17.9. The Bertz CT molecular complexity index is 1110. The van der Waals surface area contributed by atoms with Crippen LogP contribution in [-0.2, 0) is 4.74 Å². The summed E-state index contributed by atoms with van der Waals surface area (Å²) >= 11 is 0. The molecule has 3 heterocycles. The zero-order valence-corrected chi connectivity index (χ0v) is 17.9. The van der Waals surface area contributed by atoms with Gasteiger partial charge in [0.15, 0.2) is 11.6 Å². The molecule has 0 unspecified atom stereocenters. The van der Waals surface area contributed by atoms with Crippen LogP contribution in [0.1, 0.15) is 30.4 Å². The highest BCUT2D eigenvalue weighted by Crippen LogP contribution is 2.41. The molecule has 1 aromatic carbocycles. The molecule has 1 atom stereocenters. The third-order valence-electron chi connectivity index (χ3n) is 5.78. The highest BCUT2D eigenvalue weighted by atomic mass is 19.1. The number of benzene rings is 1. The number of rotatable bonds is 6. The molecule has 8 heteroatoms. The van der Waals surface area contributed by atoms with E-state index in [-0.39, 0.29) is 17.7 Å². The summed E-state index contributed by atoms with van der Waals surface area (Å²) in [5.74, 6) is -0.535. The standard InChI is InChI=1S/C23H25FN4O3/c1-23(2,31-4)19-12-26-22(29)21-20(27-15-5-6-17(24)18(11-15)30-3)16(13-28(19)21)14-7-9-25-10-8-14/h5-11,13,19,27H,12H2,1-4H3,(H,26,29)/t19-/m0/s1. The summed E-state index contributed by atoms with van der Waals surface area (Å²) in [5, 5.41) is 6.29. The number of nitrogens with zero attached hydrogens (tertiary/aromatic N) is 2. The fraction of sp³-hybridized carbons (Fsp3) is 0.304. The van der Waals surface area contributed by atoms with Gasteiger partial charge < -0.3 is 24.7 Å². The number of carbonyl (C=O) groups is 1. The van der Waals surface area contributed by atoms with E-state index in [9.17, 15) is 9.18 Å². The monoisotopic (exact) mass is 424 g/mol. The average molecular weight is 424 g/mol. The molecule has 0 fully saturated rings. The van der Waals surface area contributed by atoms with E-state index in [2.05, 4.69) is 15.6 Å². The number of anilines is 2. The first-order valence-corrected chi connectivity index (χ1v) is 9.95. The van der Waals surface area contributed by atoms with Gasteiger partial charge in [-0.2, -0.15) is 0 Å². The van der Waals surface area contributed by atoms with Crippen molar-refractivity contribution in [2.45, 2.75) is 25.5 Å². The molecule has 2 aromatic heterocycles. The molecule has 4 rings (SSSR count). The first-order valence-electron chi connectivity index (χ1n) is 9.95. The average Bonchev–Trinajstić information content (AvgIpc) is 3.15. The number of ether oxygens (including phenoxy) is 2. The first-order chi connectivity index (χ1) is 14.9. The molecule has 31 heavy (non-hydrogen) atoms. The Balaban J connectivity index is 1.90. The minimum Gasteiger partial charge on any atom is -0.494 e. The van der Waals surface area contributed by atoms with Crippen LogP contribution in [0.25, 0.3) is 11.1 Å². The molecule has 1 amide bonds. The van der Waals surface area contributed by atoms with Gasteiger partial charge >= 0.3 is 0 Å². The van der Waals surface area contributed by atoms with Crippen LogP contribution in [0.4, 0.5) is 15.8 Å².